The molecule has 1 aromatic heterocycles. The number of halogens is 2. The quantitative estimate of drug-likeness (QED) is 0.708. The van der Waals surface area contributed by atoms with Crippen molar-refractivity contribution in [3.05, 3.63) is 24.3 Å². The van der Waals surface area contributed by atoms with Crippen LogP contribution in [0.5, 0.6) is 5.75 Å². The molecule has 2 aromatic rings. The minimum atomic E-state index is -2.87. The normalized spacial score (nSPS) is 19.9. The van der Waals surface area contributed by atoms with Gasteiger partial charge in [0.1, 0.15) is 5.75 Å². The van der Waals surface area contributed by atoms with Gasteiger partial charge in [0.25, 0.3) is 5.22 Å². The molecule has 0 unspecified atom stereocenters. The van der Waals surface area contributed by atoms with Crippen LogP contribution in [0.15, 0.2) is 33.9 Å². The predicted molar refractivity (Wildman–Crippen MR) is 96.7 cm³/mol. The lowest BCUT2D eigenvalue weighted by atomic mass is 9.86. The van der Waals surface area contributed by atoms with Gasteiger partial charge in [-0.05, 0) is 43.0 Å². The maximum Gasteiger partial charge on any atom is 0.387 e. The van der Waals surface area contributed by atoms with Crippen molar-refractivity contribution in [3.8, 4) is 17.2 Å². The van der Waals surface area contributed by atoms with Crippen molar-refractivity contribution in [3.63, 3.8) is 0 Å². The molecular weight excluding hydrogens is 376 g/mol. The summed E-state index contributed by atoms with van der Waals surface area (Å²) in [5, 5.41) is 11.2. The Labute approximate surface area is 160 Å². The highest BCUT2D eigenvalue weighted by atomic mass is 32.2. The summed E-state index contributed by atoms with van der Waals surface area (Å²) in [7, 11) is 0. The van der Waals surface area contributed by atoms with Crippen molar-refractivity contribution in [2.75, 3.05) is 5.75 Å². The second-order valence-corrected chi connectivity index (χ2v) is 7.43. The van der Waals surface area contributed by atoms with Gasteiger partial charge in [-0.1, -0.05) is 31.5 Å². The summed E-state index contributed by atoms with van der Waals surface area (Å²) in [4.78, 5) is 12.1. The van der Waals surface area contributed by atoms with Crippen molar-refractivity contribution in [1.29, 1.82) is 0 Å². The van der Waals surface area contributed by atoms with E-state index < -0.39 is 6.61 Å². The van der Waals surface area contributed by atoms with E-state index in [0.29, 0.717) is 11.5 Å². The minimum absolute atomic E-state index is 0.0491. The average Bonchev–Trinajstić information content (AvgIpc) is 3.11. The van der Waals surface area contributed by atoms with Crippen molar-refractivity contribution < 1.29 is 22.7 Å². The lowest BCUT2D eigenvalue weighted by molar-refractivity contribution is -0.119. The summed E-state index contributed by atoms with van der Waals surface area (Å²) in [6, 6.07) is 6.14. The van der Waals surface area contributed by atoms with E-state index in [4.69, 9.17) is 4.42 Å². The molecule has 6 nitrogen and oxygen atoms in total. The average molecular weight is 397 g/mol. The van der Waals surface area contributed by atoms with Crippen molar-refractivity contribution in [1.82, 2.24) is 15.5 Å². The highest BCUT2D eigenvalue weighted by Gasteiger charge is 2.23. The van der Waals surface area contributed by atoms with Crippen molar-refractivity contribution >= 4 is 17.7 Å². The van der Waals surface area contributed by atoms with Gasteiger partial charge in [0, 0.05) is 11.6 Å². The molecule has 1 aromatic carbocycles. The van der Waals surface area contributed by atoms with Crippen LogP contribution in [0, 0.1) is 5.92 Å². The number of hydrogen-bond donors (Lipinski definition) is 1. The van der Waals surface area contributed by atoms with E-state index in [9.17, 15) is 13.6 Å². The van der Waals surface area contributed by atoms with Gasteiger partial charge in [-0.2, -0.15) is 8.78 Å². The van der Waals surface area contributed by atoms with Gasteiger partial charge in [-0.3, -0.25) is 4.79 Å². The molecule has 2 atom stereocenters. The molecule has 1 aliphatic rings. The molecule has 1 saturated carbocycles. The summed E-state index contributed by atoms with van der Waals surface area (Å²) in [6.07, 6.45) is 4.54. The number of rotatable bonds is 7. The molecule has 1 aliphatic carbocycles. The Hall–Kier alpha value is -2.16. The van der Waals surface area contributed by atoms with Crippen LogP contribution in [-0.2, 0) is 4.79 Å². The fraction of sp³-hybridized carbons (Fsp3) is 0.500. The molecule has 1 N–H and O–H groups in total. The number of thioether (sulfide) groups is 1. The molecule has 0 bridgehead atoms. The van der Waals surface area contributed by atoms with Gasteiger partial charge in [-0.25, -0.2) is 0 Å². The maximum absolute atomic E-state index is 12.2. The van der Waals surface area contributed by atoms with E-state index in [1.165, 1.54) is 30.3 Å². The summed E-state index contributed by atoms with van der Waals surface area (Å²) in [6.45, 7) is -0.705. The number of carbonyl (C=O) groups is 1. The third-order valence-electron chi connectivity index (χ3n) is 4.52. The number of amides is 1. The van der Waals surface area contributed by atoms with E-state index in [1.54, 1.807) is 12.1 Å². The van der Waals surface area contributed by atoms with Gasteiger partial charge >= 0.3 is 6.61 Å². The largest absolute Gasteiger partial charge is 0.435 e. The number of carbonyl (C=O) groups excluding carboxylic acids is 1. The highest BCUT2D eigenvalue weighted by Crippen LogP contribution is 2.26. The summed E-state index contributed by atoms with van der Waals surface area (Å²) < 4.78 is 34.2. The lowest BCUT2D eigenvalue weighted by Gasteiger charge is -2.29. The van der Waals surface area contributed by atoms with Gasteiger partial charge in [0.15, 0.2) is 0 Å². The highest BCUT2D eigenvalue weighted by molar-refractivity contribution is 7.99. The molecule has 1 amide bonds. The Balaban J connectivity index is 1.51. The van der Waals surface area contributed by atoms with Crippen LogP contribution in [0.3, 0.4) is 0 Å². The summed E-state index contributed by atoms with van der Waals surface area (Å²) in [5.74, 6) is 0.956. The van der Waals surface area contributed by atoms with Crippen molar-refractivity contribution in [2.24, 2.45) is 5.92 Å². The Morgan fingerprint density at radius 2 is 2.04 bits per heavy atom. The van der Waals surface area contributed by atoms with E-state index in [2.05, 4.69) is 27.2 Å². The maximum atomic E-state index is 12.2. The smallest absolute Gasteiger partial charge is 0.387 e. The number of alkyl halides is 2. The Morgan fingerprint density at radius 1 is 1.30 bits per heavy atom. The van der Waals surface area contributed by atoms with Gasteiger partial charge < -0.3 is 14.5 Å². The van der Waals surface area contributed by atoms with Crippen LogP contribution in [0.4, 0.5) is 8.78 Å². The third-order valence-corrected chi connectivity index (χ3v) is 5.34. The molecule has 1 fully saturated rings. The van der Waals surface area contributed by atoms with Crippen LogP contribution in [0.2, 0.25) is 0 Å². The molecule has 146 valence electrons. The zero-order valence-corrected chi connectivity index (χ0v) is 15.7. The first-order valence-electron chi connectivity index (χ1n) is 8.82. The van der Waals surface area contributed by atoms with Crippen LogP contribution in [0.1, 0.15) is 32.6 Å². The monoisotopic (exact) mass is 397 g/mol. The number of nitrogens with one attached hydrogen (secondary N) is 1. The SMILES string of the molecule is C[C@@H]1CCCC[C@@H]1NC(=O)CSc1nnc(-c2ccc(OC(F)F)cc2)o1. The summed E-state index contributed by atoms with van der Waals surface area (Å²) in [5.41, 5.74) is 0.580. The lowest BCUT2D eigenvalue weighted by Crippen LogP contribution is -2.41. The van der Waals surface area contributed by atoms with Crippen LogP contribution >= 0.6 is 11.8 Å². The zero-order chi connectivity index (χ0) is 19.2. The third kappa shape index (κ3) is 5.66. The Morgan fingerprint density at radius 3 is 2.74 bits per heavy atom. The van der Waals surface area contributed by atoms with E-state index >= 15 is 0 Å². The molecule has 0 radical (unpaired) electrons. The minimum Gasteiger partial charge on any atom is -0.435 e. The molecule has 0 aliphatic heterocycles. The second kappa shape index (κ2) is 9.16. The predicted octanol–water partition coefficient (Wildman–Crippen LogP) is 4.13. The van der Waals surface area contributed by atoms with E-state index in [0.717, 1.165) is 19.3 Å². The zero-order valence-electron chi connectivity index (χ0n) is 14.9. The number of aromatic nitrogens is 2. The number of benzene rings is 1. The number of ether oxygens (including phenoxy) is 1. The molecule has 9 heteroatoms. The fourth-order valence-electron chi connectivity index (χ4n) is 3.07. The first kappa shape index (κ1) is 19.6. The standard InChI is InChI=1S/C18H21F2N3O3S/c1-11-4-2-3-5-14(11)21-15(24)10-27-18-23-22-16(26-18)12-6-8-13(9-7-12)25-17(19)20/h6-9,11,14,17H,2-5,10H2,1H3,(H,21,24)/t11-,14+/m1/s1. The van der Waals surface area contributed by atoms with Crippen molar-refractivity contribution in [2.45, 2.75) is 50.5 Å². The topological polar surface area (TPSA) is 77.2 Å². The van der Waals surface area contributed by atoms with Gasteiger partial charge in [-0.15, -0.1) is 10.2 Å². The van der Waals surface area contributed by atoms with E-state index in [1.807, 2.05) is 0 Å². The molecular formula is C18H21F2N3O3S. The summed E-state index contributed by atoms with van der Waals surface area (Å²) >= 11 is 1.17. The molecule has 3 rings (SSSR count). The van der Waals surface area contributed by atoms with Crippen LogP contribution in [0.25, 0.3) is 11.5 Å². The van der Waals surface area contributed by atoms with Gasteiger partial charge in [0.05, 0.1) is 5.75 Å². The molecule has 0 spiro atoms. The Kier molecular flexibility index (Phi) is 6.65. The number of nitrogens with zero attached hydrogens (tertiary/aromatic N) is 2. The van der Waals surface area contributed by atoms with Crippen LogP contribution in [-0.4, -0.2) is 34.5 Å². The molecule has 1 heterocycles. The van der Waals surface area contributed by atoms with Gasteiger partial charge in [0.2, 0.25) is 11.8 Å². The van der Waals surface area contributed by atoms with E-state index in [-0.39, 0.29) is 34.6 Å². The van der Waals surface area contributed by atoms with Crippen LogP contribution < -0.4 is 10.1 Å². The Bertz CT molecular complexity index is 755. The number of hydrogen-bond acceptors (Lipinski definition) is 6. The first-order valence-corrected chi connectivity index (χ1v) is 9.81. The fourth-order valence-corrected chi connectivity index (χ4v) is 3.64. The second-order valence-electron chi connectivity index (χ2n) is 6.50. The molecule has 27 heavy (non-hydrogen) atoms. The molecule has 0 saturated heterocycles. The first-order chi connectivity index (χ1) is 13.0.